The molecule has 2 N–H and O–H groups in total. The summed E-state index contributed by atoms with van der Waals surface area (Å²) in [6.07, 6.45) is 1.49. The molecule has 0 aliphatic rings. The lowest BCUT2D eigenvalue weighted by molar-refractivity contribution is -0.113. The van der Waals surface area contributed by atoms with E-state index >= 15 is 0 Å². The molecule has 0 fully saturated rings. The van der Waals surface area contributed by atoms with E-state index in [-0.39, 0.29) is 17.2 Å². The van der Waals surface area contributed by atoms with Gasteiger partial charge < -0.3 is 10.3 Å². The van der Waals surface area contributed by atoms with Crippen LogP contribution in [0, 0.1) is 0 Å². The van der Waals surface area contributed by atoms with Crippen LogP contribution in [0.5, 0.6) is 0 Å². The van der Waals surface area contributed by atoms with E-state index in [0.29, 0.717) is 21.3 Å². The molecular weight excluding hydrogens is 452 g/mol. The topological polar surface area (TPSA) is 106 Å². The summed E-state index contributed by atoms with van der Waals surface area (Å²) in [6, 6.07) is 13.4. The fraction of sp³-hybridized carbons (Fsp3) is 0.0500. The number of thioether (sulfide) groups is 1. The number of nitrogens with zero attached hydrogens (tertiary/aromatic N) is 4. The SMILES string of the molecule is O=C(CSc1nc2c(cnn2-c2ccccc2)c(=O)[nH]1)Nc1nc(-c2cccs2)cs1. The van der Waals surface area contributed by atoms with Crippen LogP contribution in [0.3, 0.4) is 0 Å². The van der Waals surface area contributed by atoms with Gasteiger partial charge in [-0.2, -0.15) is 5.10 Å². The summed E-state index contributed by atoms with van der Waals surface area (Å²) >= 11 is 4.12. The predicted molar refractivity (Wildman–Crippen MR) is 124 cm³/mol. The van der Waals surface area contributed by atoms with Gasteiger partial charge in [0.15, 0.2) is 15.9 Å². The first-order chi connectivity index (χ1) is 15.2. The van der Waals surface area contributed by atoms with Gasteiger partial charge in [0, 0.05) is 5.38 Å². The quantitative estimate of drug-likeness (QED) is 0.289. The maximum absolute atomic E-state index is 12.4. The van der Waals surface area contributed by atoms with E-state index < -0.39 is 0 Å². The number of nitrogens with one attached hydrogen (secondary N) is 2. The van der Waals surface area contributed by atoms with Crippen molar-refractivity contribution < 1.29 is 4.79 Å². The Morgan fingerprint density at radius 3 is 2.81 bits per heavy atom. The highest BCUT2D eigenvalue weighted by Crippen LogP contribution is 2.28. The van der Waals surface area contributed by atoms with Gasteiger partial charge in [-0.15, -0.1) is 22.7 Å². The number of benzene rings is 1. The number of fused-ring (bicyclic) bond motifs is 1. The maximum Gasteiger partial charge on any atom is 0.262 e. The van der Waals surface area contributed by atoms with E-state index in [1.54, 1.807) is 16.0 Å². The Labute approximate surface area is 188 Å². The zero-order chi connectivity index (χ0) is 21.2. The monoisotopic (exact) mass is 466 g/mol. The van der Waals surface area contributed by atoms with Crippen molar-refractivity contribution in [1.29, 1.82) is 0 Å². The molecule has 0 saturated carbocycles. The van der Waals surface area contributed by atoms with Gasteiger partial charge in [0.05, 0.1) is 28.2 Å². The Kier molecular flexibility index (Phi) is 5.37. The van der Waals surface area contributed by atoms with E-state index in [0.717, 1.165) is 28.0 Å². The van der Waals surface area contributed by atoms with Crippen LogP contribution in [0.1, 0.15) is 0 Å². The molecule has 0 radical (unpaired) electrons. The molecule has 0 bridgehead atoms. The molecule has 5 rings (SSSR count). The average molecular weight is 467 g/mol. The van der Waals surface area contributed by atoms with Gasteiger partial charge in [-0.3, -0.25) is 9.59 Å². The van der Waals surface area contributed by atoms with Crippen molar-refractivity contribution in [2.45, 2.75) is 5.16 Å². The summed E-state index contributed by atoms with van der Waals surface area (Å²) in [4.78, 5) is 37.5. The van der Waals surface area contributed by atoms with Crippen LogP contribution in [-0.2, 0) is 4.79 Å². The second-order valence-corrected chi connectivity index (χ2v) is 9.12. The van der Waals surface area contributed by atoms with Crippen molar-refractivity contribution in [3.63, 3.8) is 0 Å². The molecule has 0 saturated heterocycles. The Morgan fingerprint density at radius 1 is 1.13 bits per heavy atom. The summed E-state index contributed by atoms with van der Waals surface area (Å²) < 4.78 is 1.61. The van der Waals surface area contributed by atoms with E-state index in [1.165, 1.54) is 17.5 Å². The van der Waals surface area contributed by atoms with Gasteiger partial charge in [-0.05, 0) is 23.6 Å². The Balaban J connectivity index is 1.30. The summed E-state index contributed by atoms with van der Waals surface area (Å²) in [5.41, 5.74) is 1.79. The fourth-order valence-corrected chi connectivity index (χ4v) is 5.03. The zero-order valence-electron chi connectivity index (χ0n) is 15.8. The number of rotatable bonds is 6. The molecule has 11 heteroatoms. The number of H-pyrrole nitrogens is 1. The Hall–Kier alpha value is -3.28. The van der Waals surface area contributed by atoms with Crippen LogP contribution in [0.4, 0.5) is 5.13 Å². The summed E-state index contributed by atoms with van der Waals surface area (Å²) in [7, 11) is 0. The molecule has 0 unspecified atom stereocenters. The first-order valence-electron chi connectivity index (χ1n) is 9.13. The number of carbonyl (C=O) groups is 1. The molecule has 0 spiro atoms. The lowest BCUT2D eigenvalue weighted by atomic mass is 10.3. The molecule has 0 aliphatic carbocycles. The largest absolute Gasteiger partial charge is 0.301 e. The molecule has 5 aromatic rings. The summed E-state index contributed by atoms with van der Waals surface area (Å²) in [5, 5.41) is 12.2. The highest BCUT2D eigenvalue weighted by molar-refractivity contribution is 7.99. The molecule has 31 heavy (non-hydrogen) atoms. The minimum atomic E-state index is -0.296. The van der Waals surface area contributed by atoms with Crippen LogP contribution < -0.4 is 10.9 Å². The molecule has 4 aromatic heterocycles. The van der Waals surface area contributed by atoms with Crippen molar-refractivity contribution in [2.24, 2.45) is 0 Å². The third-order valence-corrected chi connectivity index (χ3v) is 6.80. The van der Waals surface area contributed by atoms with Gasteiger partial charge >= 0.3 is 0 Å². The Bertz CT molecular complexity index is 1410. The molecule has 1 amide bonds. The summed E-state index contributed by atoms with van der Waals surface area (Å²) in [5.74, 6) is -0.140. The minimum absolute atomic E-state index is 0.0852. The van der Waals surface area contributed by atoms with Crippen molar-refractivity contribution >= 4 is 56.5 Å². The van der Waals surface area contributed by atoms with E-state index in [9.17, 15) is 9.59 Å². The molecular formula is C20H14N6O2S3. The van der Waals surface area contributed by atoms with Crippen molar-refractivity contribution in [2.75, 3.05) is 11.1 Å². The minimum Gasteiger partial charge on any atom is -0.301 e. The zero-order valence-corrected chi connectivity index (χ0v) is 18.3. The smallest absolute Gasteiger partial charge is 0.262 e. The molecule has 0 aliphatic heterocycles. The van der Waals surface area contributed by atoms with Crippen molar-refractivity contribution in [3.8, 4) is 16.3 Å². The number of thiazole rings is 1. The van der Waals surface area contributed by atoms with Crippen LogP contribution in [0.25, 0.3) is 27.3 Å². The van der Waals surface area contributed by atoms with E-state index in [2.05, 4.69) is 25.4 Å². The number of thiophene rings is 1. The van der Waals surface area contributed by atoms with E-state index in [4.69, 9.17) is 0 Å². The number of carbonyl (C=O) groups excluding carboxylic acids is 1. The maximum atomic E-state index is 12.4. The first kappa shape index (κ1) is 19.7. The Morgan fingerprint density at radius 2 is 2.00 bits per heavy atom. The van der Waals surface area contributed by atoms with Crippen LogP contribution in [0.2, 0.25) is 0 Å². The number of hydrogen-bond donors (Lipinski definition) is 2. The molecule has 4 heterocycles. The number of aromatic nitrogens is 5. The highest BCUT2D eigenvalue weighted by atomic mass is 32.2. The molecule has 8 nitrogen and oxygen atoms in total. The van der Waals surface area contributed by atoms with Gasteiger partial charge in [0.25, 0.3) is 5.56 Å². The highest BCUT2D eigenvalue weighted by Gasteiger charge is 2.14. The van der Waals surface area contributed by atoms with Gasteiger partial charge in [-0.1, -0.05) is 36.0 Å². The molecule has 1 aromatic carbocycles. The van der Waals surface area contributed by atoms with Gasteiger partial charge in [0.2, 0.25) is 5.91 Å². The number of para-hydroxylation sites is 1. The second-order valence-electron chi connectivity index (χ2n) is 6.35. The second kappa shape index (κ2) is 8.46. The molecule has 0 atom stereocenters. The van der Waals surface area contributed by atoms with Gasteiger partial charge in [-0.25, -0.2) is 14.6 Å². The van der Waals surface area contributed by atoms with Crippen LogP contribution in [0.15, 0.2) is 69.4 Å². The predicted octanol–water partition coefficient (Wildman–Crippen LogP) is 4.02. The number of amides is 1. The number of aromatic amines is 1. The first-order valence-corrected chi connectivity index (χ1v) is 11.9. The number of anilines is 1. The average Bonchev–Trinajstić information content (AvgIpc) is 3.53. The van der Waals surface area contributed by atoms with Crippen LogP contribution in [-0.4, -0.2) is 36.4 Å². The normalized spacial score (nSPS) is 11.1. The number of hydrogen-bond acceptors (Lipinski definition) is 8. The third kappa shape index (κ3) is 4.15. The van der Waals surface area contributed by atoms with Gasteiger partial charge in [0.1, 0.15) is 5.39 Å². The lowest BCUT2D eigenvalue weighted by Crippen LogP contribution is -2.15. The van der Waals surface area contributed by atoms with Crippen molar-refractivity contribution in [3.05, 3.63) is 69.8 Å². The van der Waals surface area contributed by atoms with E-state index in [1.807, 2.05) is 53.2 Å². The third-order valence-electron chi connectivity index (χ3n) is 4.28. The lowest BCUT2D eigenvalue weighted by Gasteiger charge is -2.04. The fourth-order valence-electron chi connectivity index (χ4n) is 2.88. The molecule has 154 valence electrons. The van der Waals surface area contributed by atoms with Crippen molar-refractivity contribution in [1.82, 2.24) is 24.7 Å². The standard InChI is InChI=1S/C20H14N6O2S3/c27-16(23-19-22-14(10-30-19)15-7-4-8-29-15)11-31-20-24-17-13(18(28)25-20)9-21-26(17)12-5-2-1-3-6-12/h1-10H,11H2,(H,22,23,27)(H,24,25,28). The summed E-state index contributed by atoms with van der Waals surface area (Å²) in [6.45, 7) is 0. The van der Waals surface area contributed by atoms with Crippen LogP contribution >= 0.6 is 34.4 Å².